The Morgan fingerprint density at radius 3 is 2.90 bits per heavy atom. The largest absolute Gasteiger partial charge is 0.115 e. The van der Waals surface area contributed by atoms with Crippen molar-refractivity contribution in [1.82, 2.24) is 0 Å². The monoisotopic (exact) mass is 154 g/mol. The van der Waals surface area contributed by atoms with Crippen molar-refractivity contribution in [1.29, 1.82) is 0 Å². The van der Waals surface area contributed by atoms with Crippen molar-refractivity contribution < 1.29 is 0 Å². The molecule has 0 aliphatic heterocycles. The molecule has 1 aliphatic rings. The molecular weight excluding hydrogens is 144 g/mol. The molecule has 0 aromatic carbocycles. The second kappa shape index (κ2) is 2.63. The van der Waals surface area contributed by atoms with Gasteiger partial charge >= 0.3 is 0 Å². The molecule has 0 bridgehead atoms. The van der Waals surface area contributed by atoms with Gasteiger partial charge in [-0.1, -0.05) is 30.9 Å². The van der Waals surface area contributed by atoms with Crippen molar-refractivity contribution in [3.63, 3.8) is 0 Å². The first kappa shape index (κ1) is 7.62. The Morgan fingerprint density at radius 2 is 2.50 bits per heavy atom. The van der Waals surface area contributed by atoms with Crippen molar-refractivity contribution in [2.75, 3.05) is 0 Å². The average molecular weight is 155 g/mol. The van der Waals surface area contributed by atoms with E-state index in [2.05, 4.69) is 12.7 Å². The number of hydrogen-bond donors (Lipinski definition) is 0. The van der Waals surface area contributed by atoms with Crippen LogP contribution >= 0.6 is 11.6 Å². The van der Waals surface area contributed by atoms with E-state index < -0.39 is 0 Å². The first-order valence-corrected chi connectivity index (χ1v) is 3.73. The van der Waals surface area contributed by atoms with E-state index in [4.69, 9.17) is 11.6 Å². The minimum Gasteiger partial charge on any atom is -0.115 e. The predicted molar refractivity (Wildman–Crippen MR) is 46.3 cm³/mol. The molecule has 0 amide bonds. The quantitative estimate of drug-likeness (QED) is 0.510. The first-order valence-electron chi connectivity index (χ1n) is 3.35. The molecule has 0 N–H and O–H groups in total. The van der Waals surface area contributed by atoms with E-state index in [9.17, 15) is 0 Å². The summed E-state index contributed by atoms with van der Waals surface area (Å²) in [5.41, 5.74) is 1.16. The lowest BCUT2D eigenvalue weighted by atomic mass is 9.98. The van der Waals surface area contributed by atoms with Gasteiger partial charge in [0, 0.05) is 0 Å². The van der Waals surface area contributed by atoms with Crippen LogP contribution in [0.2, 0.25) is 0 Å². The van der Waals surface area contributed by atoms with Gasteiger partial charge in [-0.05, 0) is 18.9 Å². The molecule has 1 unspecified atom stereocenters. The zero-order chi connectivity index (χ0) is 7.61. The fourth-order valence-corrected chi connectivity index (χ4v) is 1.01. The summed E-state index contributed by atoms with van der Waals surface area (Å²) in [4.78, 5) is -0.174. The van der Waals surface area contributed by atoms with Crippen LogP contribution in [0, 0.1) is 0 Å². The normalized spacial score (nSPS) is 31.6. The van der Waals surface area contributed by atoms with Crippen LogP contribution in [0.3, 0.4) is 0 Å². The molecule has 0 saturated heterocycles. The van der Waals surface area contributed by atoms with Crippen LogP contribution in [0.5, 0.6) is 0 Å². The number of alkyl halides is 1. The standard InChI is InChI=1S/C9H11Cl/c1-3-8-4-6-9(2,10)7-5-8/h3-6H,1,7H2,2H3. The molecule has 0 heterocycles. The molecule has 1 heteroatoms. The van der Waals surface area contributed by atoms with Gasteiger partial charge in [-0.25, -0.2) is 0 Å². The van der Waals surface area contributed by atoms with Gasteiger partial charge in [0.05, 0.1) is 4.87 Å². The molecule has 0 radical (unpaired) electrons. The third-order valence-corrected chi connectivity index (χ3v) is 1.88. The Kier molecular flexibility index (Phi) is 2.00. The van der Waals surface area contributed by atoms with Crippen LogP contribution < -0.4 is 0 Å². The topological polar surface area (TPSA) is 0 Å². The van der Waals surface area contributed by atoms with Crippen molar-refractivity contribution in [2.45, 2.75) is 18.2 Å². The molecule has 0 nitrogen and oxygen atoms in total. The highest BCUT2D eigenvalue weighted by atomic mass is 35.5. The molecule has 1 rings (SSSR count). The van der Waals surface area contributed by atoms with Crippen LogP contribution in [0.1, 0.15) is 13.3 Å². The van der Waals surface area contributed by atoms with Crippen molar-refractivity contribution in [3.8, 4) is 0 Å². The summed E-state index contributed by atoms with van der Waals surface area (Å²) in [7, 11) is 0. The van der Waals surface area contributed by atoms with Crippen LogP contribution in [0.4, 0.5) is 0 Å². The van der Waals surface area contributed by atoms with Gasteiger partial charge in [-0.15, -0.1) is 11.6 Å². The van der Waals surface area contributed by atoms with Crippen LogP contribution in [-0.2, 0) is 0 Å². The van der Waals surface area contributed by atoms with Crippen molar-refractivity contribution >= 4 is 11.6 Å². The Hall–Kier alpha value is -0.490. The van der Waals surface area contributed by atoms with Crippen LogP contribution in [-0.4, -0.2) is 4.87 Å². The van der Waals surface area contributed by atoms with Gasteiger partial charge in [0.15, 0.2) is 0 Å². The zero-order valence-electron chi connectivity index (χ0n) is 6.10. The van der Waals surface area contributed by atoms with E-state index in [0.29, 0.717) is 0 Å². The van der Waals surface area contributed by atoms with Crippen LogP contribution in [0.25, 0.3) is 0 Å². The summed E-state index contributed by atoms with van der Waals surface area (Å²) in [5.74, 6) is 0. The Labute approximate surface area is 66.9 Å². The summed E-state index contributed by atoms with van der Waals surface area (Å²) in [6.45, 7) is 5.67. The zero-order valence-corrected chi connectivity index (χ0v) is 6.86. The summed E-state index contributed by atoms with van der Waals surface area (Å²) >= 11 is 6.03. The molecule has 0 saturated carbocycles. The minimum atomic E-state index is -0.174. The SMILES string of the molecule is C=CC1=CCC(C)(Cl)C=C1. The second-order valence-electron chi connectivity index (χ2n) is 2.72. The van der Waals surface area contributed by atoms with E-state index in [-0.39, 0.29) is 4.87 Å². The summed E-state index contributed by atoms with van der Waals surface area (Å²) in [6, 6.07) is 0. The lowest BCUT2D eigenvalue weighted by molar-refractivity contribution is 0.779. The predicted octanol–water partition coefficient (Wildman–Crippen LogP) is 3.06. The second-order valence-corrected chi connectivity index (χ2v) is 3.59. The van der Waals surface area contributed by atoms with E-state index >= 15 is 0 Å². The molecule has 1 atom stereocenters. The summed E-state index contributed by atoms with van der Waals surface area (Å²) in [5, 5.41) is 0. The number of rotatable bonds is 1. The summed E-state index contributed by atoms with van der Waals surface area (Å²) < 4.78 is 0. The van der Waals surface area contributed by atoms with Gasteiger partial charge in [0.1, 0.15) is 0 Å². The number of hydrogen-bond acceptors (Lipinski definition) is 0. The maximum absolute atomic E-state index is 6.03. The molecule has 1 aliphatic carbocycles. The van der Waals surface area contributed by atoms with E-state index in [1.54, 1.807) is 0 Å². The minimum absolute atomic E-state index is 0.174. The Morgan fingerprint density at radius 1 is 1.80 bits per heavy atom. The summed E-state index contributed by atoms with van der Waals surface area (Å²) in [6.07, 6.45) is 8.84. The lowest BCUT2D eigenvalue weighted by Gasteiger charge is -2.18. The smallest absolute Gasteiger partial charge is 0.0635 e. The fraction of sp³-hybridized carbons (Fsp3) is 0.333. The average Bonchev–Trinajstić information content (AvgIpc) is 1.88. The highest BCUT2D eigenvalue weighted by Crippen LogP contribution is 2.26. The fourth-order valence-electron chi connectivity index (χ4n) is 0.875. The molecular formula is C9H11Cl. The van der Waals surface area contributed by atoms with Crippen LogP contribution in [0.15, 0.2) is 36.5 Å². The Balaban J connectivity index is 2.72. The third kappa shape index (κ3) is 1.74. The highest BCUT2D eigenvalue weighted by Gasteiger charge is 2.17. The van der Waals surface area contributed by atoms with E-state index in [1.807, 2.05) is 25.2 Å². The van der Waals surface area contributed by atoms with Gasteiger partial charge < -0.3 is 0 Å². The first-order chi connectivity index (χ1) is 4.64. The molecule has 0 aromatic rings. The number of allylic oxidation sites excluding steroid dienone is 5. The molecule has 0 fully saturated rings. The number of halogens is 1. The molecule has 0 spiro atoms. The van der Waals surface area contributed by atoms with Crippen molar-refractivity contribution in [3.05, 3.63) is 36.5 Å². The molecule has 10 heavy (non-hydrogen) atoms. The third-order valence-electron chi connectivity index (χ3n) is 1.60. The molecule has 54 valence electrons. The lowest BCUT2D eigenvalue weighted by Crippen LogP contribution is -2.13. The van der Waals surface area contributed by atoms with Gasteiger partial charge in [0.2, 0.25) is 0 Å². The maximum atomic E-state index is 6.03. The van der Waals surface area contributed by atoms with Gasteiger partial charge in [-0.2, -0.15) is 0 Å². The highest BCUT2D eigenvalue weighted by molar-refractivity contribution is 6.25. The Bertz CT molecular complexity index is 197. The maximum Gasteiger partial charge on any atom is 0.0635 e. The van der Waals surface area contributed by atoms with E-state index in [0.717, 1.165) is 12.0 Å². The van der Waals surface area contributed by atoms with Gasteiger partial charge in [-0.3, -0.25) is 0 Å². The molecule has 0 aromatic heterocycles. The van der Waals surface area contributed by atoms with Gasteiger partial charge in [0.25, 0.3) is 0 Å². The van der Waals surface area contributed by atoms with E-state index in [1.165, 1.54) is 0 Å². The van der Waals surface area contributed by atoms with Crippen molar-refractivity contribution in [2.24, 2.45) is 0 Å².